The molecule has 5 aromatic rings. The van der Waals surface area contributed by atoms with E-state index in [-0.39, 0.29) is 41.5 Å². The summed E-state index contributed by atoms with van der Waals surface area (Å²) < 4.78 is 28.2. The maximum absolute atomic E-state index is 15.2. The van der Waals surface area contributed by atoms with Gasteiger partial charge in [0.15, 0.2) is 5.75 Å². The molecule has 0 saturated carbocycles. The molecule has 0 bridgehead atoms. The molecule has 0 fully saturated rings. The molecule has 0 saturated heterocycles. The Kier molecular flexibility index (Phi) is 7.18. The Morgan fingerprint density at radius 2 is 2.05 bits per heavy atom. The fourth-order valence-electron chi connectivity index (χ4n) is 4.93. The predicted molar refractivity (Wildman–Crippen MR) is 146 cm³/mol. The first kappa shape index (κ1) is 27.2. The van der Waals surface area contributed by atoms with Crippen LogP contribution in [-0.2, 0) is 17.6 Å². The van der Waals surface area contributed by atoms with Crippen LogP contribution in [0.4, 0.5) is 9.18 Å². The van der Waals surface area contributed by atoms with Crippen molar-refractivity contribution in [3.8, 4) is 34.1 Å². The maximum atomic E-state index is 15.2. The van der Waals surface area contributed by atoms with Crippen molar-refractivity contribution in [1.29, 1.82) is 0 Å². The Morgan fingerprint density at radius 1 is 1.19 bits per heavy atom. The smallest absolute Gasteiger partial charge is 0.409 e. The van der Waals surface area contributed by atoms with Crippen LogP contribution in [0.1, 0.15) is 29.8 Å². The molecule has 1 aliphatic rings. The van der Waals surface area contributed by atoms with Crippen LogP contribution in [0.3, 0.4) is 0 Å². The van der Waals surface area contributed by atoms with Crippen LogP contribution in [0.25, 0.3) is 28.3 Å². The van der Waals surface area contributed by atoms with Crippen LogP contribution in [0, 0.1) is 5.95 Å². The Hall–Kier alpha value is -5.02. The number of hydrogen-bond acceptors (Lipinski definition) is 10. The number of nitrogens with two attached hydrogens (primary N) is 1. The number of benzene rings is 1. The van der Waals surface area contributed by atoms with Crippen LogP contribution in [0.2, 0.25) is 5.02 Å². The van der Waals surface area contributed by atoms with Crippen molar-refractivity contribution >= 4 is 17.7 Å². The highest BCUT2D eigenvalue weighted by Gasteiger charge is 2.31. The molecule has 0 spiro atoms. The van der Waals surface area contributed by atoms with Gasteiger partial charge in [-0.25, -0.2) is 19.7 Å². The summed E-state index contributed by atoms with van der Waals surface area (Å²) in [5.41, 5.74) is 6.98. The van der Waals surface area contributed by atoms with Gasteiger partial charge in [-0.2, -0.15) is 9.07 Å². The average molecular weight is 593 g/mol. The number of fused-ring (bicyclic) bond motifs is 1. The third-order valence-corrected chi connectivity index (χ3v) is 6.98. The van der Waals surface area contributed by atoms with Crippen LogP contribution in [0.5, 0.6) is 5.75 Å². The molecule has 5 heterocycles. The minimum atomic E-state index is -0.998. The van der Waals surface area contributed by atoms with Crippen LogP contribution < -0.4 is 16.0 Å². The van der Waals surface area contributed by atoms with E-state index in [4.69, 9.17) is 31.8 Å². The number of tetrazole rings is 1. The first-order chi connectivity index (χ1) is 20.3. The highest BCUT2D eigenvalue weighted by molar-refractivity contribution is 6.31. The topological polar surface area (TPSA) is 182 Å². The van der Waals surface area contributed by atoms with Gasteiger partial charge in [0.05, 0.1) is 35.4 Å². The SMILES string of the molecule is COCCc1nc(-c2[nH]c([C@@H]3CCc4nc(-c5cc(Cl)ccc5-n5cnnn5)cc(=O)n43)nc2F)ccc1OC(N)=O. The van der Waals surface area contributed by atoms with E-state index in [1.54, 1.807) is 18.2 Å². The second kappa shape index (κ2) is 11.1. The second-order valence-electron chi connectivity index (χ2n) is 9.33. The standard InChI is InChI=1S/C26H22ClFN10O4/c1-41-9-8-15-20(42-26(29)40)6-3-16(31-15)23-24(28)34-25(33-23)19-5-7-21-32-17(11-22(39)38(19)21)14-10-13(27)2-4-18(14)37-12-30-35-36-37/h2-4,6,10-12,19H,5,7-9H2,1H3,(H2,29,40)(H,33,34)/t19-/m0/s1. The van der Waals surface area contributed by atoms with Crippen molar-refractivity contribution in [1.82, 2.24) is 44.7 Å². The zero-order valence-corrected chi connectivity index (χ0v) is 22.7. The number of imidazole rings is 1. The second-order valence-corrected chi connectivity index (χ2v) is 9.77. The van der Waals surface area contributed by atoms with E-state index in [9.17, 15) is 9.59 Å². The minimum Gasteiger partial charge on any atom is -0.409 e. The number of hydrogen-bond donors (Lipinski definition) is 2. The third-order valence-electron chi connectivity index (χ3n) is 6.74. The highest BCUT2D eigenvalue weighted by Crippen LogP contribution is 2.33. The van der Waals surface area contributed by atoms with Crippen molar-refractivity contribution < 1.29 is 18.7 Å². The number of carbonyl (C=O) groups excluding carboxylic acids is 1. The molecule has 14 nitrogen and oxygen atoms in total. The van der Waals surface area contributed by atoms with Gasteiger partial charge in [0.25, 0.3) is 5.56 Å². The molecule has 0 unspecified atom stereocenters. The van der Waals surface area contributed by atoms with Crippen molar-refractivity contribution in [2.24, 2.45) is 5.73 Å². The number of aromatic amines is 1. The fourth-order valence-corrected chi connectivity index (χ4v) is 5.10. The van der Waals surface area contributed by atoms with Gasteiger partial charge in [0, 0.05) is 36.6 Å². The monoisotopic (exact) mass is 592 g/mol. The number of primary amides is 1. The van der Waals surface area contributed by atoms with E-state index >= 15 is 4.39 Å². The van der Waals surface area contributed by atoms with Crippen molar-refractivity contribution in [3.63, 3.8) is 0 Å². The van der Waals surface area contributed by atoms with E-state index in [1.807, 2.05) is 0 Å². The van der Waals surface area contributed by atoms with Gasteiger partial charge in [-0.3, -0.25) is 9.36 Å². The molecule has 0 aliphatic carbocycles. The lowest BCUT2D eigenvalue weighted by atomic mass is 10.1. The van der Waals surface area contributed by atoms with Gasteiger partial charge in [-0.05, 0) is 47.2 Å². The Bertz CT molecular complexity index is 1860. The Balaban J connectivity index is 1.35. The maximum Gasteiger partial charge on any atom is 0.410 e. The number of ether oxygens (including phenoxy) is 2. The number of nitrogens with zero attached hydrogens (tertiary/aromatic N) is 8. The van der Waals surface area contributed by atoms with E-state index in [1.165, 1.54) is 40.9 Å². The van der Waals surface area contributed by atoms with Crippen molar-refractivity contribution in [2.45, 2.75) is 25.3 Å². The quantitative estimate of drug-likeness (QED) is 0.272. The third kappa shape index (κ3) is 5.10. The lowest BCUT2D eigenvalue weighted by molar-refractivity contribution is 0.197. The van der Waals surface area contributed by atoms with Crippen LogP contribution in [0.15, 0.2) is 47.5 Å². The zero-order valence-electron chi connectivity index (χ0n) is 22.0. The number of rotatable bonds is 8. The number of aryl methyl sites for hydroxylation is 1. The van der Waals surface area contributed by atoms with Crippen molar-refractivity contribution in [2.75, 3.05) is 13.7 Å². The number of aromatic nitrogens is 9. The van der Waals surface area contributed by atoms with Crippen LogP contribution >= 0.6 is 11.6 Å². The Labute approximate surface area is 241 Å². The van der Waals surface area contributed by atoms with Gasteiger partial charge in [0.1, 0.15) is 23.7 Å². The van der Waals surface area contributed by atoms with Gasteiger partial charge in [-0.1, -0.05) is 11.6 Å². The summed E-state index contributed by atoms with van der Waals surface area (Å²) in [5, 5.41) is 11.7. The summed E-state index contributed by atoms with van der Waals surface area (Å²) in [7, 11) is 1.51. The lowest BCUT2D eigenvalue weighted by Gasteiger charge is -2.14. The number of carbonyl (C=O) groups is 1. The first-order valence-electron chi connectivity index (χ1n) is 12.7. The Morgan fingerprint density at radius 3 is 2.81 bits per heavy atom. The number of amides is 1. The summed E-state index contributed by atoms with van der Waals surface area (Å²) in [5.74, 6) is 0.101. The largest absolute Gasteiger partial charge is 0.410 e. The summed E-state index contributed by atoms with van der Waals surface area (Å²) in [6.07, 6.45) is 1.63. The van der Waals surface area contributed by atoms with E-state index in [2.05, 4.69) is 30.5 Å². The summed E-state index contributed by atoms with van der Waals surface area (Å²) in [6, 6.07) is 8.87. The lowest BCUT2D eigenvalue weighted by Crippen LogP contribution is -2.25. The summed E-state index contributed by atoms with van der Waals surface area (Å²) in [4.78, 5) is 41.0. The van der Waals surface area contributed by atoms with Gasteiger partial charge >= 0.3 is 6.09 Å². The molecule has 1 aliphatic heterocycles. The average Bonchev–Trinajstić information content (AvgIpc) is 3.72. The number of halogens is 2. The summed E-state index contributed by atoms with van der Waals surface area (Å²) >= 11 is 6.26. The molecular formula is C26H22ClFN10O4. The number of pyridine rings is 1. The van der Waals surface area contributed by atoms with Crippen LogP contribution in [-0.4, -0.2) is 64.5 Å². The summed E-state index contributed by atoms with van der Waals surface area (Å²) in [6.45, 7) is 0.283. The molecule has 16 heteroatoms. The van der Waals surface area contributed by atoms with E-state index in [0.29, 0.717) is 46.3 Å². The van der Waals surface area contributed by atoms with Crippen molar-refractivity contribution in [3.05, 3.63) is 81.4 Å². The zero-order chi connectivity index (χ0) is 29.4. The van der Waals surface area contributed by atoms with E-state index < -0.39 is 18.1 Å². The predicted octanol–water partition coefficient (Wildman–Crippen LogP) is 2.65. The molecule has 0 radical (unpaired) electrons. The fraction of sp³-hybridized carbons (Fsp3) is 0.231. The first-order valence-corrected chi connectivity index (χ1v) is 13.1. The molecular weight excluding hydrogens is 571 g/mol. The molecule has 4 aromatic heterocycles. The molecule has 3 N–H and O–H groups in total. The molecule has 6 rings (SSSR count). The number of methoxy groups -OCH3 is 1. The molecule has 1 aromatic carbocycles. The molecule has 214 valence electrons. The van der Waals surface area contributed by atoms with Gasteiger partial charge < -0.3 is 20.2 Å². The van der Waals surface area contributed by atoms with Gasteiger partial charge in [-0.15, -0.1) is 5.10 Å². The van der Waals surface area contributed by atoms with E-state index in [0.717, 1.165) is 0 Å². The normalized spacial score (nSPS) is 14.2. The number of H-pyrrole nitrogens is 1. The van der Waals surface area contributed by atoms with Gasteiger partial charge in [0.2, 0.25) is 5.95 Å². The molecule has 1 amide bonds. The highest BCUT2D eigenvalue weighted by atomic mass is 35.5. The number of nitrogens with one attached hydrogen (secondary N) is 1. The molecule has 1 atom stereocenters. The molecule has 42 heavy (non-hydrogen) atoms. The minimum absolute atomic E-state index is 0.0189.